The summed E-state index contributed by atoms with van der Waals surface area (Å²) < 4.78 is 27.2. The van der Waals surface area contributed by atoms with Gasteiger partial charge in [-0.25, -0.2) is 18.7 Å². The molecule has 0 bridgehead atoms. The van der Waals surface area contributed by atoms with Gasteiger partial charge in [-0.2, -0.15) is 5.26 Å². The van der Waals surface area contributed by atoms with Gasteiger partial charge in [-0.3, -0.25) is 0 Å². The van der Waals surface area contributed by atoms with Crippen LogP contribution in [0.15, 0.2) is 23.4 Å². The summed E-state index contributed by atoms with van der Waals surface area (Å²) in [7, 11) is 2.31. The van der Waals surface area contributed by atoms with Crippen LogP contribution in [0.3, 0.4) is 0 Å². The number of hydrogen-bond acceptors (Lipinski definition) is 5. The lowest BCUT2D eigenvalue weighted by molar-refractivity contribution is 0.590. The van der Waals surface area contributed by atoms with Crippen LogP contribution in [0.1, 0.15) is 19.4 Å². The summed E-state index contributed by atoms with van der Waals surface area (Å²) in [5.74, 6) is -1.45. The molecule has 1 aromatic heterocycles. The van der Waals surface area contributed by atoms with Gasteiger partial charge in [0.1, 0.15) is 29.0 Å². The molecule has 2 aromatic rings. The van der Waals surface area contributed by atoms with Crippen LogP contribution >= 0.6 is 21.0 Å². The van der Waals surface area contributed by atoms with Crippen molar-refractivity contribution in [2.45, 2.75) is 19.0 Å². The summed E-state index contributed by atoms with van der Waals surface area (Å²) in [4.78, 5) is 8.15. The number of nitriles is 1. The first-order valence-electron chi connectivity index (χ1n) is 6.39. The Morgan fingerprint density at radius 1 is 1.23 bits per heavy atom. The fourth-order valence-electron chi connectivity index (χ4n) is 1.48. The van der Waals surface area contributed by atoms with E-state index in [9.17, 15) is 8.78 Å². The summed E-state index contributed by atoms with van der Waals surface area (Å²) >= 11 is 1.26. The molecule has 0 aliphatic carbocycles. The highest BCUT2D eigenvalue weighted by Gasteiger charge is 2.15. The molecule has 116 valence electrons. The molecule has 2 rings (SSSR count). The zero-order valence-electron chi connectivity index (χ0n) is 12.3. The van der Waals surface area contributed by atoms with E-state index in [-0.39, 0.29) is 17.1 Å². The van der Waals surface area contributed by atoms with Crippen LogP contribution in [0.5, 0.6) is 0 Å². The molecule has 0 radical (unpaired) electrons. The van der Waals surface area contributed by atoms with Gasteiger partial charge < -0.3 is 5.32 Å². The van der Waals surface area contributed by atoms with Crippen molar-refractivity contribution in [3.05, 3.63) is 35.4 Å². The van der Waals surface area contributed by atoms with Crippen molar-refractivity contribution < 1.29 is 8.78 Å². The molecule has 1 aromatic carbocycles. The van der Waals surface area contributed by atoms with Crippen LogP contribution in [0.2, 0.25) is 0 Å². The largest absolute Gasteiger partial charge is 0.334 e. The van der Waals surface area contributed by atoms with E-state index in [4.69, 9.17) is 5.26 Å². The first-order chi connectivity index (χ1) is 10.6. The number of benzene rings is 1. The van der Waals surface area contributed by atoms with Gasteiger partial charge >= 0.3 is 0 Å². The van der Waals surface area contributed by atoms with E-state index in [1.165, 1.54) is 17.8 Å². The lowest BCUT2D eigenvalue weighted by atomic mass is 10.2. The van der Waals surface area contributed by atoms with Crippen molar-refractivity contribution in [1.82, 2.24) is 9.97 Å². The molecule has 22 heavy (non-hydrogen) atoms. The number of hydrogen-bond donors (Lipinski definition) is 1. The molecule has 0 spiro atoms. The van der Waals surface area contributed by atoms with E-state index in [0.29, 0.717) is 10.6 Å². The van der Waals surface area contributed by atoms with Crippen LogP contribution in [0, 0.1) is 23.0 Å². The number of nitrogens with zero attached hydrogens (tertiary/aromatic N) is 3. The second-order valence-electron chi connectivity index (χ2n) is 3.65. The van der Waals surface area contributed by atoms with Gasteiger partial charge in [-0.15, -0.1) is 0 Å². The second kappa shape index (κ2) is 8.62. The molecule has 0 saturated heterocycles. The SMILES string of the molecule is CC.CSc1nc(P)c(C#N)c(Nc2c(F)cccc2F)n1. The van der Waals surface area contributed by atoms with Gasteiger partial charge in [-0.1, -0.05) is 40.9 Å². The zero-order valence-corrected chi connectivity index (χ0v) is 14.3. The minimum absolute atomic E-state index is 0.0702. The van der Waals surface area contributed by atoms with Gasteiger partial charge in [0.2, 0.25) is 0 Å². The second-order valence-corrected chi connectivity index (χ2v) is 4.97. The van der Waals surface area contributed by atoms with Gasteiger partial charge in [0.25, 0.3) is 0 Å². The predicted octanol–water partition coefficient (Wildman–Crippen LogP) is 3.62. The molecule has 0 fully saturated rings. The number of nitrogens with one attached hydrogen (secondary N) is 1. The number of para-hydroxylation sites is 1. The maximum absolute atomic E-state index is 13.6. The van der Waals surface area contributed by atoms with Crippen molar-refractivity contribution >= 4 is 37.9 Å². The molecule has 8 heteroatoms. The van der Waals surface area contributed by atoms with Crippen LogP contribution in [0.4, 0.5) is 20.3 Å². The maximum atomic E-state index is 13.6. The first kappa shape index (κ1) is 18.3. The molecule has 0 saturated carbocycles. The van der Waals surface area contributed by atoms with Gasteiger partial charge in [-0.05, 0) is 18.4 Å². The lowest BCUT2D eigenvalue weighted by Crippen LogP contribution is -2.12. The van der Waals surface area contributed by atoms with Crippen LogP contribution < -0.4 is 10.8 Å². The Labute approximate surface area is 134 Å². The highest BCUT2D eigenvalue weighted by molar-refractivity contribution is 7.98. The molecule has 1 N–H and O–H groups in total. The van der Waals surface area contributed by atoms with Gasteiger partial charge in [0, 0.05) is 0 Å². The standard InChI is InChI=1S/C12H9F2N4PS.C2H6/c1-20-12-17-10(6(5-15)11(19)18-12)16-9-7(13)3-2-4-8(9)14;1-2/h2-4H,19H2,1H3,(H,16,17,18);1-2H3. The van der Waals surface area contributed by atoms with E-state index in [0.717, 1.165) is 12.1 Å². The van der Waals surface area contributed by atoms with Gasteiger partial charge in [0.15, 0.2) is 11.0 Å². The third kappa shape index (κ3) is 4.12. The highest BCUT2D eigenvalue weighted by atomic mass is 32.2. The minimum atomic E-state index is -0.761. The van der Waals surface area contributed by atoms with E-state index < -0.39 is 11.6 Å². The summed E-state index contributed by atoms with van der Waals surface area (Å²) in [6, 6.07) is 5.41. The van der Waals surface area contributed by atoms with E-state index in [1.54, 1.807) is 6.26 Å². The quantitative estimate of drug-likeness (QED) is 0.525. The van der Waals surface area contributed by atoms with Crippen LogP contribution in [-0.4, -0.2) is 16.2 Å². The molecule has 0 aliphatic rings. The molecule has 1 atom stereocenters. The number of halogens is 2. The summed E-state index contributed by atoms with van der Waals surface area (Å²) in [6.07, 6.45) is 1.76. The number of aromatic nitrogens is 2. The molecule has 0 aliphatic heterocycles. The monoisotopic (exact) mass is 340 g/mol. The number of rotatable bonds is 3. The Balaban J connectivity index is 0.00000116. The maximum Gasteiger partial charge on any atom is 0.189 e. The molecule has 0 amide bonds. The van der Waals surface area contributed by atoms with Crippen molar-refractivity contribution in [2.75, 3.05) is 11.6 Å². The number of anilines is 2. The first-order valence-corrected chi connectivity index (χ1v) is 8.19. The van der Waals surface area contributed by atoms with Crippen molar-refractivity contribution in [1.29, 1.82) is 5.26 Å². The molecule has 1 unspecified atom stereocenters. The average molecular weight is 340 g/mol. The highest BCUT2D eigenvalue weighted by Crippen LogP contribution is 2.25. The van der Waals surface area contributed by atoms with E-state index in [2.05, 4.69) is 24.5 Å². The summed E-state index contributed by atoms with van der Waals surface area (Å²) in [5, 5.41) is 12.0. The van der Waals surface area contributed by atoms with Crippen molar-refractivity contribution in [3.63, 3.8) is 0 Å². The third-order valence-electron chi connectivity index (χ3n) is 2.42. The fraction of sp³-hybridized carbons (Fsp3) is 0.214. The minimum Gasteiger partial charge on any atom is -0.334 e. The fourth-order valence-corrected chi connectivity index (χ4v) is 2.27. The molecular formula is C14H15F2N4PS. The Kier molecular flexibility index (Phi) is 7.16. The predicted molar refractivity (Wildman–Crippen MR) is 88.9 cm³/mol. The van der Waals surface area contributed by atoms with Gasteiger partial charge in [0.05, 0.1) is 5.44 Å². The number of thioether (sulfide) groups is 1. The van der Waals surface area contributed by atoms with E-state index >= 15 is 0 Å². The molecular weight excluding hydrogens is 325 g/mol. The average Bonchev–Trinajstić information content (AvgIpc) is 2.52. The Bertz CT molecular complexity index is 684. The molecule has 4 nitrogen and oxygen atoms in total. The molecule has 1 heterocycles. The normalized spacial score (nSPS) is 9.50. The van der Waals surface area contributed by atoms with Crippen molar-refractivity contribution in [3.8, 4) is 6.07 Å². The Morgan fingerprint density at radius 3 is 2.32 bits per heavy atom. The third-order valence-corrected chi connectivity index (χ3v) is 3.38. The van der Waals surface area contributed by atoms with E-state index in [1.807, 2.05) is 19.9 Å². The summed E-state index contributed by atoms with van der Waals surface area (Å²) in [5.41, 5.74) is 0.140. The zero-order chi connectivity index (χ0) is 16.7. The van der Waals surface area contributed by atoms with Crippen LogP contribution in [-0.2, 0) is 0 Å². The Morgan fingerprint density at radius 2 is 1.82 bits per heavy atom. The summed E-state index contributed by atoms with van der Waals surface area (Å²) in [6.45, 7) is 4.00. The van der Waals surface area contributed by atoms with Crippen LogP contribution in [0.25, 0.3) is 0 Å². The smallest absolute Gasteiger partial charge is 0.189 e. The topological polar surface area (TPSA) is 61.6 Å². The van der Waals surface area contributed by atoms with Crippen molar-refractivity contribution in [2.24, 2.45) is 0 Å². The Hall–Kier alpha value is -1.77. The lowest BCUT2D eigenvalue weighted by Gasteiger charge is -2.11.